The number of nitrogens with one attached hydrogen (secondary N) is 3. The number of benzene rings is 1. The van der Waals surface area contributed by atoms with Gasteiger partial charge in [-0.15, -0.1) is 0 Å². The summed E-state index contributed by atoms with van der Waals surface area (Å²) in [7, 11) is 3.54. The molecule has 5 rings (SSSR count). The summed E-state index contributed by atoms with van der Waals surface area (Å²) in [4.78, 5) is 92.3. The van der Waals surface area contributed by atoms with E-state index in [0.717, 1.165) is 32.1 Å². The average Bonchev–Trinajstić information content (AvgIpc) is 3.88. The number of aliphatic imine (C=N–C) groups is 1. The second-order valence-corrected chi connectivity index (χ2v) is 17.4. The van der Waals surface area contributed by atoms with E-state index in [1.54, 1.807) is 43.3 Å². The van der Waals surface area contributed by atoms with Gasteiger partial charge in [0.05, 0.1) is 49.3 Å². The largest absolute Gasteiger partial charge is 0.481 e. The fraction of sp³-hybridized carbons (Fsp3) is 0.638. The van der Waals surface area contributed by atoms with Gasteiger partial charge in [0.2, 0.25) is 17.8 Å². The number of unbranched alkanes of at least 4 members (excludes halogenated alkanes) is 4. The highest BCUT2D eigenvalue weighted by atomic mass is 16.6. The molecule has 0 radical (unpaired) electrons. The molecule has 1 aromatic carbocycles. The Morgan fingerprint density at radius 1 is 0.940 bits per heavy atom. The van der Waals surface area contributed by atoms with Crippen LogP contribution in [0, 0.1) is 11.8 Å². The second-order valence-electron chi connectivity index (χ2n) is 17.4. The monoisotopic (exact) mass is 936 g/mol. The number of aromatic amines is 1. The summed E-state index contributed by atoms with van der Waals surface area (Å²) in [6, 6.07) is 8.31. The van der Waals surface area contributed by atoms with Gasteiger partial charge in [0.1, 0.15) is 12.2 Å². The molecule has 20 nitrogen and oxygen atoms in total. The van der Waals surface area contributed by atoms with Gasteiger partial charge in [-0.05, 0) is 62.5 Å². The number of amides is 2. The van der Waals surface area contributed by atoms with Gasteiger partial charge in [0, 0.05) is 47.2 Å². The van der Waals surface area contributed by atoms with Crippen molar-refractivity contribution in [1.82, 2.24) is 35.1 Å². The fourth-order valence-electron chi connectivity index (χ4n) is 8.61. The lowest BCUT2D eigenvalue weighted by Gasteiger charge is -2.45. The van der Waals surface area contributed by atoms with Gasteiger partial charge < -0.3 is 44.3 Å². The molecule has 20 heteroatoms. The van der Waals surface area contributed by atoms with Crippen molar-refractivity contribution < 1.29 is 52.8 Å². The molecule has 1 unspecified atom stereocenters. The van der Waals surface area contributed by atoms with Crippen LogP contribution >= 0.6 is 0 Å². The first-order valence-corrected chi connectivity index (χ1v) is 23.5. The van der Waals surface area contributed by atoms with E-state index in [-0.39, 0.29) is 53.3 Å². The van der Waals surface area contributed by atoms with E-state index in [9.17, 15) is 28.8 Å². The van der Waals surface area contributed by atoms with Crippen LogP contribution in [-0.4, -0.2) is 136 Å². The quantitative estimate of drug-likeness (QED) is 0.0364. The molecule has 2 aliphatic rings. The van der Waals surface area contributed by atoms with Crippen molar-refractivity contribution in [1.29, 1.82) is 0 Å². The van der Waals surface area contributed by atoms with Crippen molar-refractivity contribution in [2.75, 3.05) is 33.9 Å². The molecule has 0 bridgehead atoms. The third-order valence-electron chi connectivity index (χ3n) is 12.1. The molecule has 1 aliphatic carbocycles. The lowest BCUT2D eigenvalue weighted by molar-refractivity contribution is -0.162. The van der Waals surface area contributed by atoms with Gasteiger partial charge in [-0.1, -0.05) is 58.2 Å². The number of carboxylic acid groups (broad SMARTS) is 1. The van der Waals surface area contributed by atoms with Crippen molar-refractivity contribution in [2.45, 2.75) is 148 Å². The number of hydrogen-bond acceptors (Lipinski definition) is 14. The highest BCUT2D eigenvalue weighted by Crippen LogP contribution is 2.38. The minimum absolute atomic E-state index is 0.0127. The highest BCUT2D eigenvalue weighted by Gasteiger charge is 2.49. The zero-order valence-corrected chi connectivity index (χ0v) is 39.5. The zero-order valence-electron chi connectivity index (χ0n) is 39.5. The van der Waals surface area contributed by atoms with E-state index in [1.807, 2.05) is 13.0 Å². The number of hydrogen-bond donors (Lipinski definition) is 4. The molecule has 1 saturated heterocycles. The maximum Gasteiger partial charge on any atom is 0.338 e. The summed E-state index contributed by atoms with van der Waals surface area (Å²) in [5.41, 5.74) is 0.133. The average molecular weight is 937 g/mol. The summed E-state index contributed by atoms with van der Waals surface area (Å²) in [6.45, 7) is 8.76. The van der Waals surface area contributed by atoms with Crippen molar-refractivity contribution in [2.24, 2.45) is 16.8 Å². The number of imidazole rings is 1. The topological polar surface area (TPSA) is 255 Å². The Bertz CT molecular complexity index is 2180. The summed E-state index contributed by atoms with van der Waals surface area (Å²) in [6.07, 6.45) is 4.81. The molecular formula is C47H68N8O12. The minimum atomic E-state index is -1.14. The molecule has 3 aromatic rings. The van der Waals surface area contributed by atoms with Crippen LogP contribution < -0.4 is 16.2 Å². The fourth-order valence-corrected chi connectivity index (χ4v) is 8.61. The Kier molecular flexibility index (Phi) is 20.3. The Labute approximate surface area is 390 Å². The molecule has 0 spiro atoms. The van der Waals surface area contributed by atoms with Crippen LogP contribution in [0.5, 0.6) is 0 Å². The molecule has 2 fully saturated rings. The van der Waals surface area contributed by atoms with Crippen molar-refractivity contribution in [3.05, 3.63) is 52.6 Å². The smallest absolute Gasteiger partial charge is 0.338 e. The predicted molar refractivity (Wildman–Crippen MR) is 247 cm³/mol. The number of aromatic nitrogens is 4. The van der Waals surface area contributed by atoms with Crippen molar-refractivity contribution in [3.8, 4) is 0 Å². The van der Waals surface area contributed by atoms with E-state index < -0.39 is 66.6 Å². The first-order valence-electron chi connectivity index (χ1n) is 23.5. The predicted octanol–water partition coefficient (Wildman–Crippen LogP) is 4.84. The zero-order chi connectivity index (χ0) is 48.5. The maximum absolute atomic E-state index is 13.1. The van der Waals surface area contributed by atoms with Crippen LogP contribution in [-0.2, 0) is 42.9 Å². The van der Waals surface area contributed by atoms with E-state index >= 15 is 0 Å². The third kappa shape index (κ3) is 15.1. The number of fused-ring (bicyclic) bond motifs is 1. The normalized spacial score (nSPS) is 23.8. The number of carbonyl (C=O) groups is 5. The Hall–Kier alpha value is -5.73. The summed E-state index contributed by atoms with van der Waals surface area (Å²) in [5.74, 6) is -2.29. The van der Waals surface area contributed by atoms with Gasteiger partial charge in [0.15, 0.2) is 23.5 Å². The third-order valence-corrected chi connectivity index (χ3v) is 12.1. The molecule has 4 N–H and O–H groups in total. The van der Waals surface area contributed by atoms with Crippen LogP contribution in [0.3, 0.4) is 0 Å². The van der Waals surface area contributed by atoms with E-state index in [4.69, 9.17) is 28.8 Å². The molecule has 3 heterocycles. The number of rotatable bonds is 26. The summed E-state index contributed by atoms with van der Waals surface area (Å²) < 4.78 is 32.5. The van der Waals surface area contributed by atoms with Crippen molar-refractivity contribution in [3.63, 3.8) is 0 Å². The molecule has 9 atom stereocenters. The number of esters is 2. The molecular weight excluding hydrogens is 869 g/mol. The molecule has 2 amide bonds. The Morgan fingerprint density at radius 3 is 2.37 bits per heavy atom. The summed E-state index contributed by atoms with van der Waals surface area (Å²) >= 11 is 0. The van der Waals surface area contributed by atoms with Crippen LogP contribution in [0.2, 0.25) is 0 Å². The number of nitrogens with zero attached hydrogens (tertiary/aromatic N) is 5. The van der Waals surface area contributed by atoms with E-state index in [1.165, 1.54) is 24.2 Å². The second kappa shape index (κ2) is 26.0. The molecule has 67 heavy (non-hydrogen) atoms. The van der Waals surface area contributed by atoms with Crippen LogP contribution in [0.1, 0.15) is 121 Å². The number of H-pyrrole nitrogens is 1. The molecule has 1 saturated carbocycles. The van der Waals surface area contributed by atoms with E-state index in [2.05, 4.69) is 44.4 Å². The maximum atomic E-state index is 13.1. The first kappa shape index (κ1) is 52.2. The SMILES string of the molecule is CC[C@H]1C[C@@H](OCCCCC(=O)NCCCCCCOC2[C@@H](CC)O[C@@H](n3cnc4c(=O)[nH]c(/N=C/N(C)C)nc43)[C@H]2OC(=O)CCC(=O)O)[C@H](NC(C)=O)[C@@H](OC(=O)c2ccccc2)[C@H]1C. The Morgan fingerprint density at radius 2 is 1.67 bits per heavy atom. The Balaban J connectivity index is 1.05. The van der Waals surface area contributed by atoms with Gasteiger partial charge in [-0.3, -0.25) is 33.5 Å². The standard InChI is InChI=1S/C47H68N8O12/c1-7-31-26-34(38(51-30(4)56)40(29(31)3)67-46(62)32-18-12-11-13-19-32)63-24-17-14-20-35(57)48-23-15-9-10-16-25-64-41-33(8-2)65-45(42(41)66-37(60)22-21-36(58)59)55-28-49-39-43(55)52-47(53-44(39)61)50-27-54(5)6/h11-13,18-19,27-29,31,33-34,38,40-42,45H,7-10,14-17,20-26H2,1-6H3,(H,48,57)(H,51,56)(H,58,59)(H,52,53,61)/b50-27+/t29-,31-,33+,34+,38-,40-,41?,42-,45+/m0/s1. The van der Waals surface area contributed by atoms with Crippen LogP contribution in [0.15, 0.2) is 46.4 Å². The summed E-state index contributed by atoms with van der Waals surface area (Å²) in [5, 5.41) is 15.2. The molecule has 2 aromatic heterocycles. The van der Waals surface area contributed by atoms with Gasteiger partial charge in [-0.2, -0.15) is 4.98 Å². The minimum Gasteiger partial charge on any atom is -0.481 e. The van der Waals surface area contributed by atoms with Crippen LogP contribution in [0.25, 0.3) is 11.2 Å². The lowest BCUT2D eigenvalue weighted by atomic mass is 9.73. The molecule has 1 aliphatic heterocycles. The van der Waals surface area contributed by atoms with Gasteiger partial charge in [-0.25, -0.2) is 14.8 Å². The number of carboxylic acids is 1. The number of carbonyl (C=O) groups excluding carboxylic acids is 4. The van der Waals surface area contributed by atoms with Gasteiger partial charge in [0.25, 0.3) is 5.56 Å². The van der Waals surface area contributed by atoms with Gasteiger partial charge >= 0.3 is 17.9 Å². The molecule has 368 valence electrons. The first-order chi connectivity index (χ1) is 32.2. The van der Waals surface area contributed by atoms with Crippen molar-refractivity contribution >= 4 is 53.2 Å². The highest BCUT2D eigenvalue weighted by molar-refractivity contribution is 5.89. The number of ether oxygens (including phenoxy) is 5. The van der Waals surface area contributed by atoms with Crippen LogP contribution in [0.4, 0.5) is 5.95 Å². The van der Waals surface area contributed by atoms with E-state index in [0.29, 0.717) is 57.4 Å². The lowest BCUT2D eigenvalue weighted by Crippen LogP contribution is -2.59. The number of aliphatic carboxylic acids is 1.